The molecule has 1 unspecified atom stereocenters. The topological polar surface area (TPSA) is 76.7 Å². The molecule has 1 heterocycles. The van der Waals surface area contributed by atoms with Crippen molar-refractivity contribution >= 4 is 10.0 Å². The molecule has 118 valence electrons. The first-order chi connectivity index (χ1) is 9.97. The van der Waals surface area contributed by atoms with Crippen LogP contribution in [0.15, 0.2) is 17.0 Å². The van der Waals surface area contributed by atoms with E-state index in [1.54, 1.807) is 13.0 Å². The quantitative estimate of drug-likeness (QED) is 0.816. The van der Waals surface area contributed by atoms with E-state index in [1.165, 1.54) is 20.3 Å². The number of methoxy groups -OCH3 is 2. The van der Waals surface area contributed by atoms with Crippen molar-refractivity contribution < 1.29 is 17.9 Å². The molecule has 2 rings (SSSR count). The van der Waals surface area contributed by atoms with E-state index < -0.39 is 10.0 Å². The summed E-state index contributed by atoms with van der Waals surface area (Å²) in [5.74, 6) is 1.28. The summed E-state index contributed by atoms with van der Waals surface area (Å²) >= 11 is 0. The van der Waals surface area contributed by atoms with Crippen LogP contribution in [0, 0.1) is 12.8 Å². The maximum Gasteiger partial charge on any atom is 0.240 e. The van der Waals surface area contributed by atoms with Crippen LogP contribution < -0.4 is 19.5 Å². The predicted octanol–water partition coefficient (Wildman–Crippen LogP) is 0.900. The Morgan fingerprint density at radius 3 is 2.52 bits per heavy atom. The SMILES string of the molecule is COc1cc(C)c(S(=O)(=O)NCC2CCNC2)cc1OC. The van der Waals surface area contributed by atoms with Crippen LogP contribution in [0.1, 0.15) is 12.0 Å². The number of hydrogen-bond donors (Lipinski definition) is 2. The molecule has 0 aromatic heterocycles. The lowest BCUT2D eigenvalue weighted by Gasteiger charge is -2.15. The van der Waals surface area contributed by atoms with E-state index in [4.69, 9.17) is 9.47 Å². The third kappa shape index (κ3) is 3.66. The lowest BCUT2D eigenvalue weighted by Crippen LogP contribution is -2.30. The second-order valence-corrected chi connectivity index (χ2v) is 6.92. The van der Waals surface area contributed by atoms with Crippen LogP contribution in [0.4, 0.5) is 0 Å². The van der Waals surface area contributed by atoms with E-state index in [-0.39, 0.29) is 4.90 Å². The molecule has 1 aliphatic heterocycles. The fourth-order valence-corrected chi connectivity index (χ4v) is 3.80. The summed E-state index contributed by atoms with van der Waals surface area (Å²) in [4.78, 5) is 0.228. The zero-order valence-corrected chi connectivity index (χ0v) is 13.4. The highest BCUT2D eigenvalue weighted by Gasteiger charge is 2.22. The van der Waals surface area contributed by atoms with Crippen LogP contribution in [0.25, 0.3) is 0 Å². The Labute approximate surface area is 125 Å². The van der Waals surface area contributed by atoms with Crippen LogP contribution in [-0.4, -0.2) is 42.3 Å². The molecule has 0 saturated carbocycles. The van der Waals surface area contributed by atoms with Gasteiger partial charge in [0, 0.05) is 12.6 Å². The average molecular weight is 314 g/mol. The highest BCUT2D eigenvalue weighted by atomic mass is 32.2. The summed E-state index contributed by atoms with van der Waals surface area (Å²) in [5.41, 5.74) is 0.629. The van der Waals surface area contributed by atoms with Crippen molar-refractivity contribution in [2.45, 2.75) is 18.2 Å². The molecule has 1 aromatic rings. The molecule has 6 nitrogen and oxygen atoms in total. The minimum Gasteiger partial charge on any atom is -0.493 e. The third-order valence-corrected chi connectivity index (χ3v) is 5.26. The first kappa shape index (κ1) is 16.1. The molecule has 7 heteroatoms. The van der Waals surface area contributed by atoms with Gasteiger partial charge in [0.05, 0.1) is 19.1 Å². The lowest BCUT2D eigenvalue weighted by molar-refractivity contribution is 0.353. The van der Waals surface area contributed by atoms with E-state index in [9.17, 15) is 8.42 Å². The molecule has 0 amide bonds. The summed E-state index contributed by atoms with van der Waals surface area (Å²) in [5, 5.41) is 3.22. The molecule has 1 aliphatic rings. The molecule has 1 saturated heterocycles. The Kier molecular flexibility index (Phi) is 5.08. The Morgan fingerprint density at radius 1 is 1.29 bits per heavy atom. The van der Waals surface area contributed by atoms with Crippen molar-refractivity contribution in [1.29, 1.82) is 0 Å². The van der Waals surface area contributed by atoms with Crippen molar-refractivity contribution in [3.05, 3.63) is 17.7 Å². The van der Waals surface area contributed by atoms with Crippen molar-refractivity contribution in [1.82, 2.24) is 10.0 Å². The number of sulfonamides is 1. The van der Waals surface area contributed by atoms with E-state index in [0.717, 1.165) is 19.5 Å². The fraction of sp³-hybridized carbons (Fsp3) is 0.571. The van der Waals surface area contributed by atoms with Crippen LogP contribution in [0.5, 0.6) is 11.5 Å². The summed E-state index contributed by atoms with van der Waals surface area (Å²) in [6.07, 6.45) is 0.993. The van der Waals surface area contributed by atoms with Crippen molar-refractivity contribution in [3.8, 4) is 11.5 Å². The second-order valence-electron chi connectivity index (χ2n) is 5.18. The maximum absolute atomic E-state index is 12.4. The molecule has 21 heavy (non-hydrogen) atoms. The summed E-state index contributed by atoms with van der Waals surface area (Å²) in [6, 6.07) is 3.17. The smallest absolute Gasteiger partial charge is 0.240 e. The van der Waals surface area contributed by atoms with E-state index in [2.05, 4.69) is 10.0 Å². The van der Waals surface area contributed by atoms with Gasteiger partial charge in [0.15, 0.2) is 11.5 Å². The molecular weight excluding hydrogens is 292 g/mol. The first-order valence-electron chi connectivity index (χ1n) is 6.91. The van der Waals surface area contributed by atoms with E-state index in [1.807, 2.05) is 0 Å². The van der Waals surface area contributed by atoms with Gasteiger partial charge in [0.2, 0.25) is 10.0 Å². The molecule has 0 radical (unpaired) electrons. The number of benzene rings is 1. The van der Waals surface area contributed by atoms with E-state index in [0.29, 0.717) is 29.5 Å². The first-order valence-corrected chi connectivity index (χ1v) is 8.39. The van der Waals surface area contributed by atoms with Gasteiger partial charge in [-0.05, 0) is 44.0 Å². The van der Waals surface area contributed by atoms with Crippen molar-refractivity contribution in [2.24, 2.45) is 5.92 Å². The van der Waals surface area contributed by atoms with Gasteiger partial charge in [0.1, 0.15) is 0 Å². The summed E-state index contributed by atoms with van der Waals surface area (Å²) < 4.78 is 37.9. The highest BCUT2D eigenvalue weighted by Crippen LogP contribution is 2.32. The molecular formula is C14H22N2O4S. The minimum absolute atomic E-state index is 0.228. The number of hydrogen-bond acceptors (Lipinski definition) is 5. The molecule has 0 bridgehead atoms. The summed E-state index contributed by atoms with van der Waals surface area (Å²) in [6.45, 7) is 3.99. The molecule has 1 aromatic carbocycles. The molecule has 0 spiro atoms. The van der Waals surface area contributed by atoms with Gasteiger partial charge in [0.25, 0.3) is 0 Å². The van der Waals surface area contributed by atoms with Crippen molar-refractivity contribution in [2.75, 3.05) is 33.9 Å². The number of ether oxygens (including phenoxy) is 2. The van der Waals surface area contributed by atoms with Crippen molar-refractivity contribution in [3.63, 3.8) is 0 Å². The molecule has 1 atom stereocenters. The van der Waals surface area contributed by atoms with Crippen LogP contribution in [-0.2, 0) is 10.0 Å². The fourth-order valence-electron chi connectivity index (χ4n) is 2.45. The average Bonchev–Trinajstić information content (AvgIpc) is 2.98. The minimum atomic E-state index is -3.55. The standard InChI is InChI=1S/C14H22N2O4S/c1-10-6-12(19-2)13(20-3)7-14(10)21(17,18)16-9-11-4-5-15-8-11/h6-7,11,15-16H,4-5,8-9H2,1-3H3. The Morgan fingerprint density at radius 2 is 1.95 bits per heavy atom. The predicted molar refractivity (Wildman–Crippen MR) is 80.4 cm³/mol. The van der Waals surface area contributed by atoms with Gasteiger partial charge in [-0.2, -0.15) is 0 Å². The zero-order chi connectivity index (χ0) is 15.5. The zero-order valence-electron chi connectivity index (χ0n) is 12.6. The van der Waals surface area contributed by atoms with Gasteiger partial charge in [-0.1, -0.05) is 0 Å². The lowest BCUT2D eigenvalue weighted by atomic mass is 10.1. The third-order valence-electron chi connectivity index (χ3n) is 3.70. The second kappa shape index (κ2) is 6.64. The van der Waals surface area contributed by atoms with Crippen LogP contribution in [0.3, 0.4) is 0 Å². The number of rotatable bonds is 6. The van der Waals surface area contributed by atoms with Gasteiger partial charge < -0.3 is 14.8 Å². The monoisotopic (exact) mass is 314 g/mol. The maximum atomic E-state index is 12.4. The Balaban J connectivity index is 2.22. The highest BCUT2D eigenvalue weighted by molar-refractivity contribution is 7.89. The van der Waals surface area contributed by atoms with Crippen LogP contribution >= 0.6 is 0 Å². The molecule has 2 N–H and O–H groups in total. The Bertz CT molecular complexity index is 595. The Hall–Kier alpha value is -1.31. The largest absolute Gasteiger partial charge is 0.493 e. The molecule has 0 aliphatic carbocycles. The van der Waals surface area contributed by atoms with E-state index >= 15 is 0 Å². The summed E-state index contributed by atoms with van der Waals surface area (Å²) in [7, 11) is -0.537. The van der Waals surface area contributed by atoms with Crippen LogP contribution in [0.2, 0.25) is 0 Å². The number of aryl methyl sites for hydroxylation is 1. The molecule has 1 fully saturated rings. The normalized spacial score (nSPS) is 18.7. The number of nitrogens with one attached hydrogen (secondary N) is 2. The van der Waals surface area contributed by atoms with Gasteiger partial charge >= 0.3 is 0 Å². The van der Waals surface area contributed by atoms with Gasteiger partial charge in [-0.25, -0.2) is 13.1 Å². The van der Waals surface area contributed by atoms with Gasteiger partial charge in [-0.3, -0.25) is 0 Å². The van der Waals surface area contributed by atoms with Gasteiger partial charge in [-0.15, -0.1) is 0 Å².